The summed E-state index contributed by atoms with van der Waals surface area (Å²) in [5, 5.41) is 3.70. The van der Waals surface area contributed by atoms with Crippen molar-refractivity contribution in [3.05, 3.63) is 0 Å². The minimum Gasteiger partial charge on any atom is -0.314 e. The molecule has 110 valence electrons. The van der Waals surface area contributed by atoms with Gasteiger partial charge in [0.15, 0.2) is 0 Å². The number of hydrogen-bond donors (Lipinski definition) is 1. The van der Waals surface area contributed by atoms with Crippen LogP contribution in [0, 0.1) is 5.92 Å². The van der Waals surface area contributed by atoms with Crippen LogP contribution in [0.25, 0.3) is 0 Å². The van der Waals surface area contributed by atoms with Crippen LogP contribution in [-0.4, -0.2) is 36.1 Å². The Morgan fingerprint density at radius 1 is 0.947 bits per heavy atom. The molecule has 0 aromatic carbocycles. The molecular weight excluding hydrogens is 232 g/mol. The van der Waals surface area contributed by atoms with Crippen molar-refractivity contribution in [3.63, 3.8) is 0 Å². The molecule has 2 unspecified atom stereocenters. The first-order valence-electron chi connectivity index (χ1n) is 8.87. The van der Waals surface area contributed by atoms with Gasteiger partial charge in [0.1, 0.15) is 0 Å². The summed E-state index contributed by atoms with van der Waals surface area (Å²) in [7, 11) is 0. The molecule has 1 aliphatic heterocycles. The third-order valence-corrected chi connectivity index (χ3v) is 5.89. The van der Waals surface area contributed by atoms with Crippen LogP contribution >= 0.6 is 0 Å². The lowest BCUT2D eigenvalue weighted by atomic mass is 9.76. The van der Waals surface area contributed by atoms with E-state index in [-0.39, 0.29) is 0 Å². The zero-order valence-electron chi connectivity index (χ0n) is 12.7. The summed E-state index contributed by atoms with van der Waals surface area (Å²) in [4.78, 5) is 2.96. The maximum Gasteiger partial charge on any atom is 0.0126 e. The number of piperidine rings is 1. The lowest BCUT2D eigenvalue weighted by Crippen LogP contribution is -2.54. The average Bonchev–Trinajstić information content (AvgIpc) is 2.47. The first-order valence-corrected chi connectivity index (χ1v) is 8.87. The Morgan fingerprint density at radius 3 is 2.68 bits per heavy atom. The highest BCUT2D eigenvalue weighted by Gasteiger charge is 2.37. The van der Waals surface area contributed by atoms with Gasteiger partial charge in [-0.05, 0) is 64.0 Å². The number of likely N-dealkylation sites (tertiary alicyclic amines) is 1. The summed E-state index contributed by atoms with van der Waals surface area (Å²) in [6.07, 6.45) is 14.7. The summed E-state index contributed by atoms with van der Waals surface area (Å²) in [6.45, 7) is 4.79. The molecule has 3 fully saturated rings. The standard InChI is InChI=1S/C17H32N2/c1-2-18-15-9-5-10-16(13-15)19-12-6-8-14-7-3-4-11-17(14)19/h14-18H,2-13H2,1H3/t14-,15?,16?,17-/m1/s1. The number of nitrogens with zero attached hydrogens (tertiary/aromatic N) is 1. The second-order valence-electron chi connectivity index (χ2n) is 7.07. The topological polar surface area (TPSA) is 15.3 Å². The second-order valence-corrected chi connectivity index (χ2v) is 7.07. The smallest absolute Gasteiger partial charge is 0.0126 e. The molecule has 0 aromatic rings. The van der Waals surface area contributed by atoms with Crippen molar-refractivity contribution in [3.8, 4) is 0 Å². The van der Waals surface area contributed by atoms with Gasteiger partial charge in [-0.25, -0.2) is 0 Å². The van der Waals surface area contributed by atoms with Crippen LogP contribution in [-0.2, 0) is 0 Å². The minimum atomic E-state index is 0.799. The van der Waals surface area contributed by atoms with Gasteiger partial charge in [0.05, 0.1) is 0 Å². The molecule has 2 heteroatoms. The number of nitrogens with one attached hydrogen (secondary N) is 1. The summed E-state index contributed by atoms with van der Waals surface area (Å²) < 4.78 is 0. The second kappa shape index (κ2) is 6.58. The van der Waals surface area contributed by atoms with Gasteiger partial charge in [-0.15, -0.1) is 0 Å². The Balaban J connectivity index is 1.62. The van der Waals surface area contributed by atoms with E-state index >= 15 is 0 Å². The van der Waals surface area contributed by atoms with Crippen LogP contribution in [0.5, 0.6) is 0 Å². The molecule has 0 radical (unpaired) electrons. The van der Waals surface area contributed by atoms with Crippen molar-refractivity contribution in [2.45, 2.75) is 89.3 Å². The highest BCUT2D eigenvalue weighted by molar-refractivity contribution is 4.93. The number of fused-ring (bicyclic) bond motifs is 1. The van der Waals surface area contributed by atoms with Gasteiger partial charge in [0.2, 0.25) is 0 Å². The maximum absolute atomic E-state index is 3.70. The van der Waals surface area contributed by atoms with Crippen LogP contribution in [0.4, 0.5) is 0 Å². The van der Waals surface area contributed by atoms with Gasteiger partial charge in [0, 0.05) is 18.1 Å². The van der Waals surface area contributed by atoms with E-state index in [4.69, 9.17) is 0 Å². The molecule has 3 rings (SSSR count). The molecule has 0 aromatic heterocycles. The van der Waals surface area contributed by atoms with E-state index in [2.05, 4.69) is 17.1 Å². The van der Waals surface area contributed by atoms with Gasteiger partial charge in [0.25, 0.3) is 0 Å². The van der Waals surface area contributed by atoms with Gasteiger partial charge < -0.3 is 5.32 Å². The SMILES string of the molecule is CCNC1CCCC(N2CCC[C@H]3CCCC[C@H]32)C1. The summed E-state index contributed by atoms with van der Waals surface area (Å²) >= 11 is 0. The fraction of sp³-hybridized carbons (Fsp3) is 1.00. The summed E-state index contributed by atoms with van der Waals surface area (Å²) in [5.74, 6) is 1.04. The first-order chi connectivity index (χ1) is 9.38. The van der Waals surface area contributed by atoms with Crippen molar-refractivity contribution in [1.29, 1.82) is 0 Å². The van der Waals surface area contributed by atoms with Gasteiger partial charge in [-0.1, -0.05) is 26.2 Å². The normalized spacial score (nSPS) is 40.9. The zero-order valence-corrected chi connectivity index (χ0v) is 12.7. The summed E-state index contributed by atoms with van der Waals surface area (Å²) in [6, 6.07) is 2.64. The Labute approximate surface area is 119 Å². The van der Waals surface area contributed by atoms with Gasteiger partial charge in [-0.2, -0.15) is 0 Å². The third-order valence-electron chi connectivity index (χ3n) is 5.89. The molecule has 2 nitrogen and oxygen atoms in total. The first kappa shape index (κ1) is 13.9. The van der Waals surface area contributed by atoms with Gasteiger partial charge >= 0.3 is 0 Å². The van der Waals surface area contributed by atoms with Crippen molar-refractivity contribution >= 4 is 0 Å². The molecule has 0 bridgehead atoms. The van der Waals surface area contributed by atoms with Crippen LogP contribution in [0.1, 0.15) is 71.1 Å². The van der Waals surface area contributed by atoms with E-state index in [1.54, 1.807) is 0 Å². The molecule has 0 amide bonds. The number of hydrogen-bond acceptors (Lipinski definition) is 2. The Kier molecular flexibility index (Phi) is 4.81. The molecule has 0 spiro atoms. The molecular formula is C17H32N2. The Bertz CT molecular complexity index is 274. The molecule has 4 atom stereocenters. The van der Waals surface area contributed by atoms with E-state index in [1.807, 2.05) is 0 Å². The number of rotatable bonds is 3. The molecule has 2 saturated carbocycles. The van der Waals surface area contributed by atoms with Gasteiger partial charge in [-0.3, -0.25) is 4.90 Å². The molecule has 1 heterocycles. The lowest BCUT2D eigenvalue weighted by Gasteiger charge is -2.49. The zero-order chi connectivity index (χ0) is 13.1. The predicted octanol–water partition coefficient (Wildman–Crippen LogP) is 3.56. The molecule has 3 aliphatic rings. The maximum atomic E-state index is 3.70. The van der Waals surface area contributed by atoms with Crippen molar-refractivity contribution in [1.82, 2.24) is 10.2 Å². The average molecular weight is 264 g/mol. The highest BCUT2D eigenvalue weighted by Crippen LogP contribution is 2.38. The van der Waals surface area contributed by atoms with E-state index in [0.717, 1.165) is 30.6 Å². The highest BCUT2D eigenvalue weighted by atomic mass is 15.2. The third kappa shape index (κ3) is 3.16. The van der Waals surface area contributed by atoms with E-state index in [9.17, 15) is 0 Å². The van der Waals surface area contributed by atoms with Crippen LogP contribution in [0.2, 0.25) is 0 Å². The predicted molar refractivity (Wildman–Crippen MR) is 81.4 cm³/mol. The van der Waals surface area contributed by atoms with Crippen LogP contribution in [0.15, 0.2) is 0 Å². The quantitative estimate of drug-likeness (QED) is 0.838. The fourth-order valence-electron chi connectivity index (χ4n) is 5.06. The van der Waals surface area contributed by atoms with Crippen molar-refractivity contribution < 1.29 is 0 Å². The molecule has 19 heavy (non-hydrogen) atoms. The largest absolute Gasteiger partial charge is 0.314 e. The van der Waals surface area contributed by atoms with E-state index < -0.39 is 0 Å². The minimum absolute atomic E-state index is 0.799. The molecule has 1 saturated heterocycles. The van der Waals surface area contributed by atoms with Crippen LogP contribution in [0.3, 0.4) is 0 Å². The van der Waals surface area contributed by atoms with E-state index in [0.29, 0.717) is 0 Å². The molecule has 2 aliphatic carbocycles. The summed E-state index contributed by atoms with van der Waals surface area (Å²) in [5.41, 5.74) is 0. The van der Waals surface area contributed by atoms with Crippen molar-refractivity contribution in [2.75, 3.05) is 13.1 Å². The monoisotopic (exact) mass is 264 g/mol. The van der Waals surface area contributed by atoms with Crippen molar-refractivity contribution in [2.24, 2.45) is 5.92 Å². The fourth-order valence-corrected chi connectivity index (χ4v) is 5.06. The molecule has 1 N–H and O–H groups in total. The van der Waals surface area contributed by atoms with Crippen LogP contribution < -0.4 is 5.32 Å². The Hall–Kier alpha value is -0.0800. The van der Waals surface area contributed by atoms with E-state index in [1.165, 1.54) is 70.8 Å². The Morgan fingerprint density at radius 2 is 1.79 bits per heavy atom. The lowest BCUT2D eigenvalue weighted by molar-refractivity contribution is 0.00867.